The van der Waals surface area contributed by atoms with Gasteiger partial charge in [-0.3, -0.25) is 9.69 Å². The molecule has 6 nitrogen and oxygen atoms in total. The third-order valence-corrected chi connectivity index (χ3v) is 6.45. The number of hydrogen-bond acceptors (Lipinski definition) is 5. The predicted octanol–water partition coefficient (Wildman–Crippen LogP) is 4.57. The van der Waals surface area contributed by atoms with Crippen molar-refractivity contribution in [3.05, 3.63) is 87.6 Å². The highest BCUT2D eigenvalue weighted by molar-refractivity contribution is 6.42. The molecule has 0 spiro atoms. The van der Waals surface area contributed by atoms with Crippen molar-refractivity contribution in [1.29, 1.82) is 0 Å². The SMILES string of the molecule is CN1CCN(C(=O)c2coc(CN(Cc3ccccc3)Cc3cccc(Cl)c3Cl)n2)CC1. The lowest BCUT2D eigenvalue weighted by molar-refractivity contribution is 0.0658. The molecule has 3 aromatic rings. The Balaban J connectivity index is 1.49. The first-order chi connectivity index (χ1) is 15.5. The van der Waals surface area contributed by atoms with E-state index in [4.69, 9.17) is 27.6 Å². The van der Waals surface area contributed by atoms with Gasteiger partial charge in [-0.05, 0) is 24.2 Å². The first-order valence-electron chi connectivity index (χ1n) is 10.6. The van der Waals surface area contributed by atoms with Crippen molar-refractivity contribution in [3.63, 3.8) is 0 Å². The number of hydrogen-bond donors (Lipinski definition) is 0. The average molecular weight is 473 g/mol. The second kappa shape index (κ2) is 10.5. The zero-order valence-electron chi connectivity index (χ0n) is 18.0. The fourth-order valence-corrected chi connectivity index (χ4v) is 4.15. The van der Waals surface area contributed by atoms with Crippen molar-refractivity contribution in [1.82, 2.24) is 19.7 Å². The van der Waals surface area contributed by atoms with Crippen LogP contribution in [0.25, 0.3) is 0 Å². The number of amides is 1. The summed E-state index contributed by atoms with van der Waals surface area (Å²) in [4.78, 5) is 23.5. The molecule has 0 atom stereocenters. The second-order valence-electron chi connectivity index (χ2n) is 8.07. The maximum absolute atomic E-state index is 12.8. The van der Waals surface area contributed by atoms with Crippen LogP contribution in [0.15, 0.2) is 59.2 Å². The highest BCUT2D eigenvalue weighted by Crippen LogP contribution is 2.27. The molecule has 0 bridgehead atoms. The summed E-state index contributed by atoms with van der Waals surface area (Å²) in [6, 6.07) is 15.8. The van der Waals surface area contributed by atoms with Crippen molar-refractivity contribution < 1.29 is 9.21 Å². The van der Waals surface area contributed by atoms with Crippen LogP contribution in [0.2, 0.25) is 10.0 Å². The molecule has 1 saturated heterocycles. The lowest BCUT2D eigenvalue weighted by atomic mass is 10.1. The quantitative estimate of drug-likeness (QED) is 0.503. The molecular formula is C24H26Cl2N4O2. The molecule has 0 unspecified atom stereocenters. The van der Waals surface area contributed by atoms with E-state index in [1.165, 1.54) is 6.26 Å². The van der Waals surface area contributed by atoms with E-state index < -0.39 is 0 Å². The number of rotatable bonds is 7. The molecule has 0 N–H and O–H groups in total. The van der Waals surface area contributed by atoms with Crippen LogP contribution >= 0.6 is 23.2 Å². The van der Waals surface area contributed by atoms with Crippen LogP contribution in [-0.4, -0.2) is 58.8 Å². The van der Waals surface area contributed by atoms with Crippen LogP contribution < -0.4 is 0 Å². The van der Waals surface area contributed by atoms with Gasteiger partial charge in [0.25, 0.3) is 5.91 Å². The molecule has 1 amide bonds. The molecular weight excluding hydrogens is 447 g/mol. The van der Waals surface area contributed by atoms with Crippen LogP contribution in [-0.2, 0) is 19.6 Å². The van der Waals surface area contributed by atoms with Gasteiger partial charge in [0.05, 0.1) is 16.6 Å². The van der Waals surface area contributed by atoms with Gasteiger partial charge in [-0.15, -0.1) is 0 Å². The number of carbonyl (C=O) groups excluding carboxylic acids is 1. The Morgan fingerprint density at radius 3 is 2.50 bits per heavy atom. The fourth-order valence-electron chi connectivity index (χ4n) is 3.77. The Kier molecular flexibility index (Phi) is 7.48. The van der Waals surface area contributed by atoms with E-state index in [0.29, 0.717) is 54.4 Å². The molecule has 1 fully saturated rings. The summed E-state index contributed by atoms with van der Waals surface area (Å²) in [5, 5.41) is 1.07. The summed E-state index contributed by atoms with van der Waals surface area (Å²) in [5.41, 5.74) is 2.44. The maximum atomic E-state index is 12.8. The standard InChI is InChI=1S/C24H26Cl2N4O2/c1-28-10-12-30(13-11-28)24(31)21-17-32-22(27-21)16-29(14-18-6-3-2-4-7-18)15-19-8-5-9-20(25)23(19)26/h2-9,17H,10-16H2,1H3. The van der Waals surface area contributed by atoms with Gasteiger partial charge in [0, 0.05) is 39.3 Å². The van der Waals surface area contributed by atoms with Crippen LogP contribution in [0, 0.1) is 0 Å². The average Bonchev–Trinajstić information content (AvgIpc) is 3.26. The van der Waals surface area contributed by atoms with Crippen molar-refractivity contribution in [2.24, 2.45) is 0 Å². The molecule has 1 aliphatic rings. The summed E-state index contributed by atoms with van der Waals surface area (Å²) in [5.74, 6) is 0.414. The predicted molar refractivity (Wildman–Crippen MR) is 126 cm³/mol. The summed E-state index contributed by atoms with van der Waals surface area (Å²) < 4.78 is 5.69. The lowest BCUT2D eigenvalue weighted by Crippen LogP contribution is -2.47. The molecule has 2 heterocycles. The molecule has 0 saturated carbocycles. The maximum Gasteiger partial charge on any atom is 0.275 e. The van der Waals surface area contributed by atoms with Gasteiger partial charge in [-0.1, -0.05) is 65.7 Å². The highest BCUT2D eigenvalue weighted by atomic mass is 35.5. The van der Waals surface area contributed by atoms with E-state index in [-0.39, 0.29) is 5.91 Å². The summed E-state index contributed by atoms with van der Waals surface area (Å²) in [6.07, 6.45) is 1.46. The summed E-state index contributed by atoms with van der Waals surface area (Å²) >= 11 is 12.6. The number of oxazole rings is 1. The molecule has 0 aliphatic carbocycles. The van der Waals surface area contributed by atoms with Gasteiger partial charge < -0.3 is 14.2 Å². The van der Waals surface area contributed by atoms with Gasteiger partial charge in [-0.25, -0.2) is 4.98 Å². The monoisotopic (exact) mass is 472 g/mol. The molecule has 1 aliphatic heterocycles. The molecule has 1 aromatic heterocycles. The lowest BCUT2D eigenvalue weighted by Gasteiger charge is -2.31. The van der Waals surface area contributed by atoms with E-state index in [2.05, 4.69) is 34.0 Å². The fraction of sp³-hybridized carbons (Fsp3) is 0.333. The number of aromatic nitrogens is 1. The van der Waals surface area contributed by atoms with Gasteiger partial charge >= 0.3 is 0 Å². The Hall–Kier alpha value is -2.38. The minimum absolute atomic E-state index is 0.0828. The van der Waals surface area contributed by atoms with Crippen molar-refractivity contribution in [3.8, 4) is 0 Å². The van der Waals surface area contributed by atoms with Crippen molar-refractivity contribution in [2.45, 2.75) is 19.6 Å². The van der Waals surface area contributed by atoms with Crippen LogP contribution in [0.4, 0.5) is 0 Å². The number of halogens is 2. The molecule has 8 heteroatoms. The first kappa shape index (κ1) is 22.8. The normalized spacial score (nSPS) is 14.8. The molecule has 2 aromatic carbocycles. The number of benzene rings is 2. The van der Waals surface area contributed by atoms with E-state index in [0.717, 1.165) is 24.2 Å². The zero-order valence-corrected chi connectivity index (χ0v) is 19.5. The van der Waals surface area contributed by atoms with E-state index in [1.54, 1.807) is 6.07 Å². The van der Waals surface area contributed by atoms with Gasteiger partial charge in [0.15, 0.2) is 5.69 Å². The highest BCUT2D eigenvalue weighted by Gasteiger charge is 2.23. The van der Waals surface area contributed by atoms with Gasteiger partial charge in [0.2, 0.25) is 5.89 Å². The van der Waals surface area contributed by atoms with Crippen LogP contribution in [0.5, 0.6) is 0 Å². The molecule has 32 heavy (non-hydrogen) atoms. The molecule has 4 rings (SSSR count). The topological polar surface area (TPSA) is 52.8 Å². The Labute approximate surface area is 198 Å². The largest absolute Gasteiger partial charge is 0.447 e. The molecule has 0 radical (unpaired) electrons. The Morgan fingerprint density at radius 1 is 1.00 bits per heavy atom. The van der Waals surface area contributed by atoms with Crippen molar-refractivity contribution >= 4 is 29.1 Å². The van der Waals surface area contributed by atoms with E-state index in [1.807, 2.05) is 35.2 Å². The number of likely N-dealkylation sites (N-methyl/N-ethyl adjacent to an activating group) is 1. The Bertz CT molecular complexity index is 1050. The number of carbonyl (C=O) groups is 1. The van der Waals surface area contributed by atoms with Crippen LogP contribution in [0.1, 0.15) is 27.5 Å². The number of nitrogens with zero attached hydrogens (tertiary/aromatic N) is 4. The molecule has 168 valence electrons. The summed E-state index contributed by atoms with van der Waals surface area (Å²) in [6.45, 7) is 4.80. The summed E-state index contributed by atoms with van der Waals surface area (Å²) in [7, 11) is 2.06. The van der Waals surface area contributed by atoms with Crippen LogP contribution in [0.3, 0.4) is 0 Å². The third-order valence-electron chi connectivity index (χ3n) is 5.59. The Morgan fingerprint density at radius 2 is 1.75 bits per heavy atom. The smallest absolute Gasteiger partial charge is 0.275 e. The zero-order chi connectivity index (χ0) is 22.5. The van der Waals surface area contributed by atoms with E-state index >= 15 is 0 Å². The van der Waals surface area contributed by atoms with E-state index in [9.17, 15) is 4.79 Å². The van der Waals surface area contributed by atoms with Gasteiger partial charge in [0.1, 0.15) is 6.26 Å². The second-order valence-corrected chi connectivity index (χ2v) is 8.85. The number of piperazine rings is 1. The minimum Gasteiger partial charge on any atom is -0.447 e. The van der Waals surface area contributed by atoms with Gasteiger partial charge in [-0.2, -0.15) is 0 Å². The first-order valence-corrected chi connectivity index (χ1v) is 11.4. The minimum atomic E-state index is -0.0828. The van der Waals surface area contributed by atoms with Crippen molar-refractivity contribution in [2.75, 3.05) is 33.2 Å². The third kappa shape index (κ3) is 5.70.